The van der Waals surface area contributed by atoms with E-state index in [0.717, 1.165) is 17.9 Å². The zero-order valence-corrected chi connectivity index (χ0v) is 18.6. The Hall–Kier alpha value is -3.53. The standard InChI is InChI=1S/C23H22FN3O5S/c1-33(29,30)27-23(28)17-7-8-18(20(24)10-17)14-31-19-4-2-3-16(9-19)21-11-26-22(12-25-21)32-13-15-5-6-15/h2-4,7-12,15H,5-6,13-14H2,1H3,(H,27,28). The molecule has 4 rings (SSSR count). The van der Waals surface area contributed by atoms with E-state index in [2.05, 4.69) is 9.97 Å². The molecular formula is C23H22FN3O5S. The minimum atomic E-state index is -3.74. The summed E-state index contributed by atoms with van der Waals surface area (Å²) in [5, 5.41) is 0. The number of amides is 1. The fraction of sp³-hybridized carbons (Fsp3) is 0.261. The van der Waals surface area contributed by atoms with Crippen molar-refractivity contribution in [2.24, 2.45) is 5.92 Å². The number of carbonyl (C=O) groups is 1. The van der Waals surface area contributed by atoms with Crippen LogP contribution < -0.4 is 14.2 Å². The Balaban J connectivity index is 1.39. The van der Waals surface area contributed by atoms with Gasteiger partial charge in [0.25, 0.3) is 5.91 Å². The van der Waals surface area contributed by atoms with Crippen molar-refractivity contribution in [2.45, 2.75) is 19.4 Å². The zero-order valence-electron chi connectivity index (χ0n) is 17.8. The molecule has 0 saturated heterocycles. The van der Waals surface area contributed by atoms with Gasteiger partial charge in [0.1, 0.15) is 18.2 Å². The highest BCUT2D eigenvalue weighted by atomic mass is 32.2. The lowest BCUT2D eigenvalue weighted by Gasteiger charge is -2.10. The molecule has 0 bridgehead atoms. The first-order chi connectivity index (χ1) is 15.8. The highest BCUT2D eigenvalue weighted by Gasteiger charge is 2.22. The Morgan fingerprint density at radius 1 is 1.12 bits per heavy atom. The number of nitrogens with zero attached hydrogens (tertiary/aromatic N) is 2. The normalized spacial score (nSPS) is 13.4. The average molecular weight is 472 g/mol. The molecule has 1 amide bonds. The first-order valence-electron chi connectivity index (χ1n) is 10.3. The lowest BCUT2D eigenvalue weighted by Crippen LogP contribution is -2.29. The van der Waals surface area contributed by atoms with Crippen LogP contribution in [-0.4, -0.2) is 37.2 Å². The van der Waals surface area contributed by atoms with Crippen molar-refractivity contribution in [3.05, 3.63) is 71.8 Å². The molecule has 33 heavy (non-hydrogen) atoms. The summed E-state index contributed by atoms with van der Waals surface area (Å²) < 4.78 is 49.8. The molecule has 1 aromatic heterocycles. The Morgan fingerprint density at radius 2 is 1.94 bits per heavy atom. The number of rotatable bonds is 9. The molecule has 1 aliphatic rings. The molecule has 0 radical (unpaired) electrons. The van der Waals surface area contributed by atoms with E-state index in [1.807, 2.05) is 6.07 Å². The van der Waals surface area contributed by atoms with E-state index in [1.54, 1.807) is 35.3 Å². The molecule has 8 nitrogen and oxygen atoms in total. The van der Waals surface area contributed by atoms with E-state index >= 15 is 0 Å². The topological polar surface area (TPSA) is 107 Å². The third-order valence-corrected chi connectivity index (χ3v) is 5.47. The molecule has 1 aliphatic carbocycles. The lowest BCUT2D eigenvalue weighted by atomic mass is 10.1. The predicted octanol–water partition coefficient (Wildman–Crippen LogP) is 3.34. The zero-order chi connectivity index (χ0) is 23.4. The maximum Gasteiger partial charge on any atom is 0.264 e. The molecular weight excluding hydrogens is 449 g/mol. The summed E-state index contributed by atoms with van der Waals surface area (Å²) >= 11 is 0. The van der Waals surface area contributed by atoms with Crippen LogP contribution in [0.15, 0.2) is 54.9 Å². The van der Waals surface area contributed by atoms with Gasteiger partial charge < -0.3 is 9.47 Å². The van der Waals surface area contributed by atoms with Gasteiger partial charge in [0, 0.05) is 16.7 Å². The monoisotopic (exact) mass is 471 g/mol. The molecule has 10 heteroatoms. The maximum absolute atomic E-state index is 14.4. The van der Waals surface area contributed by atoms with Gasteiger partial charge in [0.05, 0.1) is 31.0 Å². The second-order valence-corrected chi connectivity index (χ2v) is 9.57. The summed E-state index contributed by atoms with van der Waals surface area (Å²) in [4.78, 5) is 20.5. The van der Waals surface area contributed by atoms with E-state index in [-0.39, 0.29) is 17.7 Å². The molecule has 1 N–H and O–H groups in total. The quantitative estimate of drug-likeness (QED) is 0.510. The smallest absolute Gasteiger partial charge is 0.264 e. The van der Waals surface area contributed by atoms with E-state index in [4.69, 9.17) is 9.47 Å². The van der Waals surface area contributed by atoms with Crippen LogP contribution in [0.4, 0.5) is 4.39 Å². The van der Waals surface area contributed by atoms with E-state index in [1.165, 1.54) is 25.0 Å². The van der Waals surface area contributed by atoms with Gasteiger partial charge in [-0.25, -0.2) is 27.5 Å². The highest BCUT2D eigenvalue weighted by Crippen LogP contribution is 2.29. The molecule has 1 heterocycles. The summed E-state index contributed by atoms with van der Waals surface area (Å²) in [7, 11) is -3.74. The number of hydrogen-bond acceptors (Lipinski definition) is 7. The Bertz CT molecular complexity index is 1260. The number of benzene rings is 2. The van der Waals surface area contributed by atoms with Crippen LogP contribution in [0.5, 0.6) is 11.6 Å². The summed E-state index contributed by atoms with van der Waals surface area (Å²) in [5.74, 6) is 0.0384. The molecule has 1 fully saturated rings. The van der Waals surface area contributed by atoms with E-state index < -0.39 is 21.7 Å². The number of ether oxygens (including phenoxy) is 2. The average Bonchev–Trinajstić information content (AvgIpc) is 3.61. The molecule has 3 aromatic rings. The lowest BCUT2D eigenvalue weighted by molar-refractivity contribution is 0.0981. The van der Waals surface area contributed by atoms with Crippen LogP contribution >= 0.6 is 0 Å². The van der Waals surface area contributed by atoms with Crippen LogP contribution in [0.25, 0.3) is 11.3 Å². The van der Waals surface area contributed by atoms with Crippen molar-refractivity contribution in [1.29, 1.82) is 0 Å². The third kappa shape index (κ3) is 6.48. The number of hydrogen-bond donors (Lipinski definition) is 1. The van der Waals surface area contributed by atoms with Gasteiger partial charge in [-0.15, -0.1) is 0 Å². The Morgan fingerprint density at radius 3 is 2.61 bits per heavy atom. The highest BCUT2D eigenvalue weighted by molar-refractivity contribution is 7.89. The van der Waals surface area contributed by atoms with Crippen molar-refractivity contribution in [2.75, 3.05) is 12.9 Å². The Labute approximate surface area is 190 Å². The minimum absolute atomic E-state index is 0.0805. The Kier molecular flexibility index (Phi) is 6.55. The number of sulfonamides is 1. The molecule has 2 aromatic carbocycles. The minimum Gasteiger partial charge on any atom is -0.489 e. The van der Waals surface area contributed by atoms with Gasteiger partial charge in [0.15, 0.2) is 0 Å². The maximum atomic E-state index is 14.4. The number of aromatic nitrogens is 2. The number of carbonyl (C=O) groups excluding carboxylic acids is 1. The molecule has 0 unspecified atom stereocenters. The van der Waals surface area contributed by atoms with Crippen LogP contribution in [0.3, 0.4) is 0 Å². The molecule has 0 aliphatic heterocycles. The van der Waals surface area contributed by atoms with Gasteiger partial charge in [-0.3, -0.25) is 4.79 Å². The van der Waals surface area contributed by atoms with Crippen molar-refractivity contribution in [3.63, 3.8) is 0 Å². The van der Waals surface area contributed by atoms with Crippen LogP contribution in [0, 0.1) is 11.7 Å². The van der Waals surface area contributed by atoms with E-state index in [9.17, 15) is 17.6 Å². The third-order valence-electron chi connectivity index (χ3n) is 4.91. The first-order valence-corrected chi connectivity index (χ1v) is 12.1. The van der Waals surface area contributed by atoms with Crippen molar-refractivity contribution in [1.82, 2.24) is 14.7 Å². The predicted molar refractivity (Wildman–Crippen MR) is 119 cm³/mol. The molecule has 0 spiro atoms. The van der Waals surface area contributed by atoms with Crippen LogP contribution in [-0.2, 0) is 16.6 Å². The van der Waals surface area contributed by atoms with Crippen molar-refractivity contribution < 1.29 is 27.1 Å². The molecule has 1 saturated carbocycles. The number of nitrogens with one attached hydrogen (secondary N) is 1. The SMILES string of the molecule is CS(=O)(=O)NC(=O)c1ccc(COc2cccc(-c3cnc(OCC4CC4)cn3)c2)c(F)c1. The number of halogens is 1. The van der Waals surface area contributed by atoms with E-state index in [0.29, 0.717) is 29.8 Å². The van der Waals surface area contributed by atoms with Gasteiger partial charge in [-0.05, 0) is 43.0 Å². The summed E-state index contributed by atoms with van der Waals surface area (Å²) in [6.07, 6.45) is 6.46. The summed E-state index contributed by atoms with van der Waals surface area (Å²) in [5.41, 5.74) is 1.54. The van der Waals surface area contributed by atoms with Gasteiger partial charge in [0.2, 0.25) is 15.9 Å². The summed E-state index contributed by atoms with van der Waals surface area (Å²) in [6, 6.07) is 10.8. The second-order valence-electron chi connectivity index (χ2n) is 7.82. The van der Waals surface area contributed by atoms with Crippen LogP contribution in [0.1, 0.15) is 28.8 Å². The first kappa shape index (κ1) is 22.7. The van der Waals surface area contributed by atoms with Crippen molar-refractivity contribution in [3.8, 4) is 22.9 Å². The van der Waals surface area contributed by atoms with Gasteiger partial charge in [-0.1, -0.05) is 18.2 Å². The molecule has 172 valence electrons. The van der Waals surface area contributed by atoms with Gasteiger partial charge in [-0.2, -0.15) is 0 Å². The van der Waals surface area contributed by atoms with Crippen LogP contribution in [0.2, 0.25) is 0 Å². The fourth-order valence-electron chi connectivity index (χ4n) is 2.97. The van der Waals surface area contributed by atoms with Gasteiger partial charge >= 0.3 is 0 Å². The summed E-state index contributed by atoms with van der Waals surface area (Å²) in [6.45, 7) is 0.583. The largest absolute Gasteiger partial charge is 0.489 e. The fourth-order valence-corrected chi connectivity index (χ4v) is 3.42. The van der Waals surface area contributed by atoms with Crippen molar-refractivity contribution >= 4 is 15.9 Å². The second kappa shape index (κ2) is 9.53. The molecule has 0 atom stereocenters.